The van der Waals surface area contributed by atoms with Crippen molar-refractivity contribution in [2.24, 2.45) is 0 Å². The largest absolute Gasteiger partial charge is 0.437 e. The van der Waals surface area contributed by atoms with E-state index in [0.717, 1.165) is 0 Å². The summed E-state index contributed by atoms with van der Waals surface area (Å²) in [7, 11) is 1.40. The molecule has 130 valence electrons. The third-order valence-electron chi connectivity index (χ3n) is 3.08. The molecule has 0 atom stereocenters. The fourth-order valence-electron chi connectivity index (χ4n) is 1.90. The topological polar surface area (TPSA) is 56.3 Å². The van der Waals surface area contributed by atoms with Gasteiger partial charge in [0.15, 0.2) is 0 Å². The van der Waals surface area contributed by atoms with Crippen molar-refractivity contribution in [3.63, 3.8) is 0 Å². The standard InChI is InChI=1S/C14H10Cl2F3NO3S/c1-7-4-12(24(16,21)22)8(2)3-11(7)23-13-10(15)5-9(6-20-13)14(17,18)19/h3-6H,1-2H3. The SMILES string of the molecule is Cc1cc(S(=O)(=O)Cl)c(C)cc1Oc1ncc(C(F)(F)F)cc1Cl. The van der Waals surface area contributed by atoms with Gasteiger partial charge in [0.2, 0.25) is 5.88 Å². The summed E-state index contributed by atoms with van der Waals surface area (Å²) < 4.78 is 66.1. The number of nitrogens with zero attached hydrogens (tertiary/aromatic N) is 1. The van der Waals surface area contributed by atoms with E-state index in [1.54, 1.807) is 6.92 Å². The Balaban J connectivity index is 2.41. The molecule has 2 rings (SSSR count). The van der Waals surface area contributed by atoms with E-state index in [0.29, 0.717) is 23.4 Å². The number of alkyl halides is 3. The minimum Gasteiger partial charge on any atom is -0.437 e. The van der Waals surface area contributed by atoms with E-state index in [1.807, 2.05) is 0 Å². The lowest BCUT2D eigenvalue weighted by atomic mass is 10.1. The van der Waals surface area contributed by atoms with Crippen LogP contribution in [-0.2, 0) is 15.2 Å². The van der Waals surface area contributed by atoms with Crippen LogP contribution in [0.1, 0.15) is 16.7 Å². The van der Waals surface area contributed by atoms with Gasteiger partial charge in [-0.05, 0) is 43.2 Å². The van der Waals surface area contributed by atoms with Crippen LogP contribution in [0.5, 0.6) is 11.6 Å². The van der Waals surface area contributed by atoms with Gasteiger partial charge < -0.3 is 4.74 Å². The zero-order valence-electron chi connectivity index (χ0n) is 12.3. The Labute approximate surface area is 145 Å². The predicted molar refractivity (Wildman–Crippen MR) is 83.3 cm³/mol. The van der Waals surface area contributed by atoms with Crippen molar-refractivity contribution in [3.05, 3.63) is 46.1 Å². The number of aromatic nitrogens is 1. The summed E-state index contributed by atoms with van der Waals surface area (Å²) in [5.41, 5.74) is -0.289. The van der Waals surface area contributed by atoms with Crippen LogP contribution in [0.25, 0.3) is 0 Å². The van der Waals surface area contributed by atoms with Crippen LogP contribution in [0.15, 0.2) is 29.3 Å². The minimum absolute atomic E-state index is 0.0829. The summed E-state index contributed by atoms with van der Waals surface area (Å²) in [6.07, 6.45) is -3.97. The van der Waals surface area contributed by atoms with E-state index in [1.165, 1.54) is 19.1 Å². The molecule has 0 spiro atoms. The molecule has 0 radical (unpaired) electrons. The molecule has 1 aromatic heterocycles. The fourth-order valence-corrected chi connectivity index (χ4v) is 3.36. The summed E-state index contributed by atoms with van der Waals surface area (Å²) in [6, 6.07) is 3.38. The zero-order chi connectivity index (χ0) is 18.3. The summed E-state index contributed by atoms with van der Waals surface area (Å²) in [5, 5.41) is -0.323. The molecule has 1 heterocycles. The Hall–Kier alpha value is -1.51. The van der Waals surface area contributed by atoms with Crippen LogP contribution in [0.3, 0.4) is 0 Å². The number of hydrogen-bond acceptors (Lipinski definition) is 4. The molecule has 0 saturated heterocycles. The van der Waals surface area contributed by atoms with Crippen LogP contribution in [0.4, 0.5) is 13.2 Å². The van der Waals surface area contributed by atoms with E-state index in [9.17, 15) is 21.6 Å². The van der Waals surface area contributed by atoms with E-state index < -0.39 is 20.8 Å². The Morgan fingerprint density at radius 2 is 1.75 bits per heavy atom. The third-order valence-corrected chi connectivity index (χ3v) is 4.81. The van der Waals surface area contributed by atoms with Crippen molar-refractivity contribution >= 4 is 31.3 Å². The second kappa shape index (κ2) is 6.42. The first-order chi connectivity index (χ1) is 10.9. The maximum Gasteiger partial charge on any atom is 0.417 e. The molecule has 0 unspecified atom stereocenters. The summed E-state index contributed by atoms with van der Waals surface area (Å²) in [6.45, 7) is 3.06. The average Bonchev–Trinajstić information content (AvgIpc) is 2.42. The molecule has 24 heavy (non-hydrogen) atoms. The fraction of sp³-hybridized carbons (Fsp3) is 0.214. The van der Waals surface area contributed by atoms with Crippen LogP contribution < -0.4 is 4.74 Å². The van der Waals surface area contributed by atoms with E-state index in [4.69, 9.17) is 27.0 Å². The number of halogens is 5. The zero-order valence-corrected chi connectivity index (χ0v) is 14.6. The molecule has 0 N–H and O–H groups in total. The number of aryl methyl sites for hydroxylation is 2. The molecular weight excluding hydrogens is 390 g/mol. The van der Waals surface area contributed by atoms with Crippen LogP contribution in [0.2, 0.25) is 5.02 Å². The van der Waals surface area contributed by atoms with Gasteiger partial charge in [-0.25, -0.2) is 13.4 Å². The second-order valence-electron chi connectivity index (χ2n) is 4.93. The quantitative estimate of drug-likeness (QED) is 0.674. The Kier molecular flexibility index (Phi) is 5.03. The molecule has 0 amide bonds. The maximum atomic E-state index is 12.6. The summed E-state index contributed by atoms with van der Waals surface area (Å²) >= 11 is 5.78. The Morgan fingerprint density at radius 1 is 1.12 bits per heavy atom. The highest BCUT2D eigenvalue weighted by Crippen LogP contribution is 2.36. The van der Waals surface area contributed by atoms with Gasteiger partial charge in [-0.15, -0.1) is 0 Å². The Bertz CT molecular complexity index is 899. The highest BCUT2D eigenvalue weighted by Gasteiger charge is 2.32. The molecule has 0 fully saturated rings. The molecular formula is C14H10Cl2F3NO3S. The van der Waals surface area contributed by atoms with Crippen molar-refractivity contribution in [1.29, 1.82) is 0 Å². The van der Waals surface area contributed by atoms with Crippen molar-refractivity contribution in [2.45, 2.75) is 24.9 Å². The molecule has 0 saturated carbocycles. The molecule has 0 bridgehead atoms. The van der Waals surface area contributed by atoms with E-state index in [2.05, 4.69) is 4.98 Å². The van der Waals surface area contributed by atoms with Crippen molar-refractivity contribution in [1.82, 2.24) is 4.98 Å². The average molecular weight is 400 g/mol. The monoisotopic (exact) mass is 399 g/mol. The lowest BCUT2D eigenvalue weighted by molar-refractivity contribution is -0.137. The summed E-state index contributed by atoms with van der Waals surface area (Å²) in [4.78, 5) is 3.48. The number of pyridine rings is 1. The highest BCUT2D eigenvalue weighted by atomic mass is 35.7. The number of rotatable bonds is 3. The van der Waals surface area contributed by atoms with E-state index in [-0.39, 0.29) is 21.5 Å². The van der Waals surface area contributed by atoms with Gasteiger partial charge in [0, 0.05) is 16.9 Å². The van der Waals surface area contributed by atoms with Crippen molar-refractivity contribution in [2.75, 3.05) is 0 Å². The molecule has 10 heteroatoms. The van der Waals surface area contributed by atoms with Crippen molar-refractivity contribution < 1.29 is 26.3 Å². The number of benzene rings is 1. The van der Waals surface area contributed by atoms with Gasteiger partial charge in [0.25, 0.3) is 9.05 Å². The molecule has 4 nitrogen and oxygen atoms in total. The number of ether oxygens (including phenoxy) is 1. The van der Waals surface area contributed by atoms with Crippen molar-refractivity contribution in [3.8, 4) is 11.6 Å². The number of hydrogen-bond donors (Lipinski definition) is 0. The second-order valence-corrected chi connectivity index (χ2v) is 7.87. The maximum absolute atomic E-state index is 12.6. The summed E-state index contributed by atoms with van der Waals surface area (Å²) in [5.74, 6) is -0.0284. The lowest BCUT2D eigenvalue weighted by Crippen LogP contribution is -2.06. The highest BCUT2D eigenvalue weighted by molar-refractivity contribution is 8.13. The van der Waals surface area contributed by atoms with Crippen LogP contribution >= 0.6 is 22.3 Å². The van der Waals surface area contributed by atoms with Gasteiger partial charge in [0.1, 0.15) is 10.8 Å². The normalized spacial score (nSPS) is 12.3. The van der Waals surface area contributed by atoms with Gasteiger partial charge in [0.05, 0.1) is 10.5 Å². The van der Waals surface area contributed by atoms with Gasteiger partial charge >= 0.3 is 6.18 Å². The lowest BCUT2D eigenvalue weighted by Gasteiger charge is -2.13. The Morgan fingerprint density at radius 3 is 2.25 bits per heavy atom. The first-order valence-electron chi connectivity index (χ1n) is 6.36. The smallest absolute Gasteiger partial charge is 0.417 e. The van der Waals surface area contributed by atoms with Gasteiger partial charge in [-0.3, -0.25) is 0 Å². The predicted octanol–water partition coefficient (Wildman–Crippen LogP) is 5.09. The van der Waals surface area contributed by atoms with Gasteiger partial charge in [-0.2, -0.15) is 13.2 Å². The molecule has 1 aromatic carbocycles. The molecule has 0 aliphatic rings. The molecule has 0 aliphatic heterocycles. The van der Waals surface area contributed by atoms with Crippen LogP contribution in [0, 0.1) is 13.8 Å². The molecule has 0 aliphatic carbocycles. The van der Waals surface area contributed by atoms with Crippen LogP contribution in [-0.4, -0.2) is 13.4 Å². The van der Waals surface area contributed by atoms with Gasteiger partial charge in [-0.1, -0.05) is 11.6 Å². The third kappa shape index (κ3) is 4.12. The first-order valence-corrected chi connectivity index (χ1v) is 9.05. The van der Waals surface area contributed by atoms with E-state index >= 15 is 0 Å². The minimum atomic E-state index is -4.57. The first kappa shape index (κ1) is 18.8. The molecule has 2 aromatic rings.